The van der Waals surface area contributed by atoms with Crippen LogP contribution >= 0.6 is 0 Å². The van der Waals surface area contributed by atoms with E-state index in [9.17, 15) is 4.79 Å². The lowest BCUT2D eigenvalue weighted by atomic mass is 10.2. The summed E-state index contributed by atoms with van der Waals surface area (Å²) < 4.78 is 0. The summed E-state index contributed by atoms with van der Waals surface area (Å²) in [5.41, 5.74) is 2.56. The Morgan fingerprint density at radius 1 is 1.41 bits per heavy atom. The minimum atomic E-state index is -1.08. The summed E-state index contributed by atoms with van der Waals surface area (Å²) in [6.07, 6.45) is 1.63. The van der Waals surface area contributed by atoms with Crippen molar-refractivity contribution in [3.05, 3.63) is 30.5 Å². The largest absolute Gasteiger partial charge is 0.477 e. The number of nitrogens with one attached hydrogen (secondary N) is 1. The van der Waals surface area contributed by atoms with Gasteiger partial charge in [0, 0.05) is 10.8 Å². The molecule has 6 nitrogen and oxygen atoms in total. The Balaban J connectivity index is 2.37. The van der Waals surface area contributed by atoms with Crippen LogP contribution in [0, 0.1) is 0 Å². The van der Waals surface area contributed by atoms with E-state index in [0.717, 1.165) is 10.8 Å². The topological polar surface area (TPSA) is 87.5 Å². The van der Waals surface area contributed by atoms with E-state index in [0.29, 0.717) is 5.82 Å². The molecule has 1 aromatic carbocycles. The van der Waals surface area contributed by atoms with Gasteiger partial charge in [0.1, 0.15) is 5.71 Å². The second-order valence-electron chi connectivity index (χ2n) is 3.39. The van der Waals surface area contributed by atoms with Crippen molar-refractivity contribution in [1.82, 2.24) is 10.2 Å². The molecular formula is C11H10N4O2. The quantitative estimate of drug-likeness (QED) is 0.477. The highest BCUT2D eigenvalue weighted by molar-refractivity contribution is 6.34. The minimum absolute atomic E-state index is 0.0419. The van der Waals surface area contributed by atoms with E-state index in [1.165, 1.54) is 6.92 Å². The third kappa shape index (κ3) is 2.36. The number of hydrazone groups is 1. The van der Waals surface area contributed by atoms with E-state index in [1.54, 1.807) is 6.20 Å². The van der Waals surface area contributed by atoms with Gasteiger partial charge in [0.2, 0.25) is 0 Å². The third-order valence-electron chi connectivity index (χ3n) is 2.21. The van der Waals surface area contributed by atoms with Crippen LogP contribution in [0.25, 0.3) is 10.8 Å². The molecule has 0 bridgehead atoms. The number of anilines is 1. The molecule has 0 aliphatic carbocycles. The zero-order chi connectivity index (χ0) is 12.3. The van der Waals surface area contributed by atoms with Crippen molar-refractivity contribution < 1.29 is 9.90 Å². The maximum absolute atomic E-state index is 10.6. The van der Waals surface area contributed by atoms with E-state index in [4.69, 9.17) is 5.11 Å². The number of benzene rings is 1. The smallest absolute Gasteiger partial charge is 0.351 e. The fourth-order valence-corrected chi connectivity index (χ4v) is 1.30. The summed E-state index contributed by atoms with van der Waals surface area (Å²) in [5, 5.41) is 21.8. The van der Waals surface area contributed by atoms with Crippen molar-refractivity contribution in [2.45, 2.75) is 6.92 Å². The zero-order valence-corrected chi connectivity index (χ0v) is 9.08. The second kappa shape index (κ2) is 4.56. The summed E-state index contributed by atoms with van der Waals surface area (Å²) in [6, 6.07) is 7.50. The Morgan fingerprint density at radius 3 is 2.94 bits per heavy atom. The Morgan fingerprint density at radius 2 is 2.18 bits per heavy atom. The fourth-order valence-electron chi connectivity index (χ4n) is 1.30. The van der Waals surface area contributed by atoms with Gasteiger partial charge < -0.3 is 5.11 Å². The summed E-state index contributed by atoms with van der Waals surface area (Å²) in [4.78, 5) is 10.6. The molecule has 1 heterocycles. The summed E-state index contributed by atoms with van der Waals surface area (Å²) in [6.45, 7) is 1.40. The van der Waals surface area contributed by atoms with Gasteiger partial charge in [-0.15, -0.1) is 5.10 Å². The first-order valence-electron chi connectivity index (χ1n) is 4.92. The highest BCUT2D eigenvalue weighted by Gasteiger charge is 2.04. The molecule has 0 atom stereocenters. The lowest BCUT2D eigenvalue weighted by molar-refractivity contribution is -0.129. The molecule has 0 saturated carbocycles. The van der Waals surface area contributed by atoms with Crippen molar-refractivity contribution in [1.29, 1.82) is 0 Å². The molecule has 0 fully saturated rings. The van der Waals surface area contributed by atoms with Gasteiger partial charge in [-0.25, -0.2) is 4.79 Å². The van der Waals surface area contributed by atoms with Crippen molar-refractivity contribution in [3.8, 4) is 0 Å². The zero-order valence-electron chi connectivity index (χ0n) is 9.08. The van der Waals surface area contributed by atoms with Gasteiger partial charge in [-0.1, -0.05) is 24.3 Å². The molecule has 6 heteroatoms. The average Bonchev–Trinajstić information content (AvgIpc) is 2.35. The van der Waals surface area contributed by atoms with Gasteiger partial charge in [0.15, 0.2) is 5.82 Å². The summed E-state index contributed by atoms with van der Waals surface area (Å²) in [7, 11) is 0. The van der Waals surface area contributed by atoms with Crippen LogP contribution in [0.15, 0.2) is 35.6 Å². The summed E-state index contributed by atoms with van der Waals surface area (Å²) >= 11 is 0. The Hall–Kier alpha value is -2.50. The number of aliphatic carboxylic acids is 1. The van der Waals surface area contributed by atoms with Gasteiger partial charge in [0.05, 0.1) is 6.20 Å². The van der Waals surface area contributed by atoms with Crippen LogP contribution in [0.2, 0.25) is 0 Å². The standard InChI is InChI=1S/C11H10N4O2/c1-7(11(16)17)13-15-10-9-5-3-2-4-8(9)6-12-14-10/h2-6H,1H3,(H,14,15)(H,16,17)/i12+1,13+1,14+1,15+1. The monoisotopic (exact) mass is 234 g/mol. The first-order chi connectivity index (χ1) is 8.18. The van der Waals surface area contributed by atoms with E-state index >= 15 is 0 Å². The molecule has 0 amide bonds. The van der Waals surface area contributed by atoms with Gasteiger partial charge in [-0.3, -0.25) is 5.43 Å². The van der Waals surface area contributed by atoms with Gasteiger partial charge in [-0.05, 0) is 6.92 Å². The molecule has 86 valence electrons. The predicted molar refractivity (Wildman–Crippen MR) is 63.9 cm³/mol. The maximum atomic E-state index is 10.6. The SMILES string of the molecule is CC(=[15N][15NH]c1[15n][15n]cc2ccccc12)C(=O)O. The van der Waals surface area contributed by atoms with Gasteiger partial charge in [-0.2, -0.15) is 10.2 Å². The van der Waals surface area contributed by atoms with E-state index in [2.05, 4.69) is 20.7 Å². The number of nitrogens with zero attached hydrogens (tertiary/aromatic N) is 3. The minimum Gasteiger partial charge on any atom is -0.477 e. The number of carboxylic acid groups (broad SMARTS) is 1. The molecule has 0 radical (unpaired) electrons. The number of hydrogen-bond acceptors (Lipinski definition) is 5. The molecule has 0 spiro atoms. The Labute approximate surface area is 97.0 Å². The molecular weight excluding hydrogens is 224 g/mol. The van der Waals surface area contributed by atoms with Crippen molar-refractivity contribution in [2.75, 3.05) is 5.43 Å². The number of carboxylic acids is 1. The highest BCUT2D eigenvalue weighted by Crippen LogP contribution is 2.18. The van der Waals surface area contributed by atoms with Crippen LogP contribution in [0.4, 0.5) is 5.82 Å². The molecule has 0 unspecified atom stereocenters. The Bertz CT molecular complexity index is 590. The van der Waals surface area contributed by atoms with Crippen LogP contribution in [0.1, 0.15) is 6.92 Å². The molecule has 2 rings (SSSR count). The number of rotatable bonds is 3. The molecule has 2 aromatic rings. The maximum Gasteiger partial charge on any atom is 0.351 e. The molecule has 0 saturated heterocycles. The fraction of sp³-hybridized carbons (Fsp3) is 0.0909. The second-order valence-corrected chi connectivity index (χ2v) is 3.39. The van der Waals surface area contributed by atoms with Crippen LogP contribution in [-0.4, -0.2) is 27.0 Å². The first kappa shape index (κ1) is 11.0. The number of carbonyl (C=O) groups is 1. The molecule has 17 heavy (non-hydrogen) atoms. The van der Waals surface area contributed by atoms with Crippen molar-refractivity contribution in [3.63, 3.8) is 0 Å². The first-order valence-corrected chi connectivity index (χ1v) is 4.92. The van der Waals surface area contributed by atoms with E-state index in [1.807, 2.05) is 24.3 Å². The van der Waals surface area contributed by atoms with Crippen LogP contribution in [-0.2, 0) is 4.79 Å². The average molecular weight is 234 g/mol. The van der Waals surface area contributed by atoms with Gasteiger partial charge in [0.25, 0.3) is 0 Å². The Kier molecular flexibility index (Phi) is 2.95. The van der Waals surface area contributed by atoms with Crippen molar-refractivity contribution in [2.24, 2.45) is 5.10 Å². The number of aromatic nitrogens is 2. The molecule has 0 aliphatic rings. The summed E-state index contributed by atoms with van der Waals surface area (Å²) in [5.74, 6) is -0.644. The normalized spacial score (nSPS) is 11.5. The highest BCUT2D eigenvalue weighted by atomic mass is 16.4. The van der Waals surface area contributed by atoms with E-state index in [-0.39, 0.29) is 5.71 Å². The predicted octanol–water partition coefficient (Wildman–Crippen LogP) is 1.50. The molecule has 2 N–H and O–H groups in total. The lowest BCUT2D eigenvalue weighted by Gasteiger charge is -2.03. The van der Waals surface area contributed by atoms with Crippen LogP contribution in [0.5, 0.6) is 0 Å². The van der Waals surface area contributed by atoms with Gasteiger partial charge >= 0.3 is 5.97 Å². The lowest BCUT2D eigenvalue weighted by Crippen LogP contribution is -2.10. The number of fused-ring (bicyclic) bond motifs is 1. The third-order valence-corrected chi connectivity index (χ3v) is 2.21. The number of hydrogen-bond donors (Lipinski definition) is 2. The van der Waals surface area contributed by atoms with Crippen molar-refractivity contribution >= 4 is 28.3 Å². The van der Waals surface area contributed by atoms with Crippen LogP contribution in [0.3, 0.4) is 0 Å². The molecule has 0 aliphatic heterocycles. The van der Waals surface area contributed by atoms with Crippen LogP contribution < -0.4 is 5.43 Å². The molecule has 1 aromatic heterocycles. The van der Waals surface area contributed by atoms with E-state index < -0.39 is 5.97 Å².